The highest BCUT2D eigenvalue weighted by molar-refractivity contribution is 9.10. The van der Waals surface area contributed by atoms with Crippen molar-refractivity contribution < 1.29 is 4.42 Å². The minimum Gasteiger partial charge on any atom is -0.439 e. The van der Waals surface area contributed by atoms with Crippen LogP contribution in [0.3, 0.4) is 0 Å². The second-order valence-corrected chi connectivity index (χ2v) is 5.02. The fraction of sp³-hybridized carbons (Fsp3) is 0.417. The minimum absolute atomic E-state index is 0.473. The normalized spacial score (nSPS) is 18.1. The predicted molar refractivity (Wildman–Crippen MR) is 66.6 cm³/mol. The first-order valence-electron chi connectivity index (χ1n) is 5.60. The van der Waals surface area contributed by atoms with Gasteiger partial charge in [0.2, 0.25) is 0 Å². The molecule has 16 heavy (non-hydrogen) atoms. The van der Waals surface area contributed by atoms with Crippen molar-refractivity contribution in [1.82, 2.24) is 10.3 Å². The number of para-hydroxylation sites is 1. The fourth-order valence-electron chi connectivity index (χ4n) is 2.18. The van der Waals surface area contributed by atoms with Gasteiger partial charge in [-0.25, -0.2) is 4.98 Å². The second-order valence-electron chi connectivity index (χ2n) is 4.16. The topological polar surface area (TPSA) is 38.1 Å². The van der Waals surface area contributed by atoms with Crippen LogP contribution < -0.4 is 5.32 Å². The Morgan fingerprint density at radius 1 is 1.31 bits per heavy atom. The monoisotopic (exact) mass is 280 g/mol. The first kappa shape index (κ1) is 10.3. The molecule has 4 heteroatoms. The molecule has 2 aromatic rings. The molecule has 2 heterocycles. The van der Waals surface area contributed by atoms with Gasteiger partial charge in [0.25, 0.3) is 0 Å². The van der Waals surface area contributed by atoms with Crippen LogP contribution in [0.5, 0.6) is 0 Å². The Morgan fingerprint density at radius 3 is 2.88 bits per heavy atom. The Hall–Kier alpha value is -0.870. The number of oxazole rings is 1. The number of halogens is 1. The van der Waals surface area contributed by atoms with Crippen LogP contribution in [0.2, 0.25) is 0 Å². The van der Waals surface area contributed by atoms with E-state index in [0.717, 1.165) is 47.4 Å². The van der Waals surface area contributed by atoms with Crippen LogP contribution in [0, 0.1) is 0 Å². The largest absolute Gasteiger partial charge is 0.439 e. The summed E-state index contributed by atoms with van der Waals surface area (Å²) in [4.78, 5) is 4.57. The third kappa shape index (κ3) is 1.76. The van der Waals surface area contributed by atoms with E-state index in [-0.39, 0.29) is 0 Å². The molecule has 1 aromatic heterocycles. The van der Waals surface area contributed by atoms with E-state index in [1.807, 2.05) is 18.2 Å². The molecule has 84 valence electrons. The van der Waals surface area contributed by atoms with Crippen LogP contribution in [0.25, 0.3) is 11.1 Å². The average molecular weight is 281 g/mol. The van der Waals surface area contributed by atoms with Crippen LogP contribution >= 0.6 is 15.9 Å². The van der Waals surface area contributed by atoms with E-state index in [0.29, 0.717) is 5.92 Å². The van der Waals surface area contributed by atoms with Gasteiger partial charge in [0, 0.05) is 5.92 Å². The Kier molecular flexibility index (Phi) is 2.69. The zero-order valence-corrected chi connectivity index (χ0v) is 10.5. The Balaban J connectivity index is 2.01. The second kappa shape index (κ2) is 4.18. The van der Waals surface area contributed by atoms with Crippen LogP contribution in [-0.2, 0) is 0 Å². The number of nitrogens with zero attached hydrogens (tertiary/aromatic N) is 1. The Morgan fingerprint density at radius 2 is 2.12 bits per heavy atom. The fourth-order valence-corrected chi connectivity index (χ4v) is 2.61. The quantitative estimate of drug-likeness (QED) is 0.873. The molecule has 0 amide bonds. The third-order valence-electron chi connectivity index (χ3n) is 3.07. The van der Waals surface area contributed by atoms with Crippen molar-refractivity contribution in [1.29, 1.82) is 0 Å². The van der Waals surface area contributed by atoms with Crippen molar-refractivity contribution in [3.8, 4) is 0 Å². The number of hydrogen-bond acceptors (Lipinski definition) is 3. The van der Waals surface area contributed by atoms with Gasteiger partial charge < -0.3 is 9.73 Å². The molecule has 0 atom stereocenters. The van der Waals surface area contributed by atoms with E-state index < -0.39 is 0 Å². The van der Waals surface area contributed by atoms with Gasteiger partial charge in [0.15, 0.2) is 11.5 Å². The van der Waals surface area contributed by atoms with E-state index >= 15 is 0 Å². The summed E-state index contributed by atoms with van der Waals surface area (Å²) >= 11 is 3.49. The SMILES string of the molecule is Brc1cccc2nc(C3CCNCC3)oc12. The lowest BCUT2D eigenvalue weighted by Crippen LogP contribution is -2.26. The van der Waals surface area contributed by atoms with Crippen LogP contribution in [0.1, 0.15) is 24.7 Å². The summed E-state index contributed by atoms with van der Waals surface area (Å²) in [6.45, 7) is 2.12. The summed E-state index contributed by atoms with van der Waals surface area (Å²) in [6, 6.07) is 5.97. The highest BCUT2D eigenvalue weighted by Gasteiger charge is 2.21. The minimum atomic E-state index is 0.473. The van der Waals surface area contributed by atoms with Crippen molar-refractivity contribution >= 4 is 27.0 Å². The number of nitrogens with one attached hydrogen (secondary N) is 1. The molecule has 0 unspecified atom stereocenters. The molecule has 0 radical (unpaired) electrons. The van der Waals surface area contributed by atoms with Crippen LogP contribution in [0.4, 0.5) is 0 Å². The van der Waals surface area contributed by atoms with Gasteiger partial charge in [-0.15, -0.1) is 0 Å². The molecule has 1 aromatic carbocycles. The van der Waals surface area contributed by atoms with Crippen molar-refractivity contribution in [3.05, 3.63) is 28.6 Å². The molecule has 0 bridgehead atoms. The van der Waals surface area contributed by atoms with Crippen molar-refractivity contribution in [2.24, 2.45) is 0 Å². The molecular formula is C12H13BrN2O. The van der Waals surface area contributed by atoms with Crippen molar-refractivity contribution in [3.63, 3.8) is 0 Å². The van der Waals surface area contributed by atoms with E-state index in [4.69, 9.17) is 4.42 Å². The van der Waals surface area contributed by atoms with Crippen LogP contribution in [0.15, 0.2) is 27.1 Å². The van der Waals surface area contributed by atoms with Crippen molar-refractivity contribution in [2.75, 3.05) is 13.1 Å². The number of benzene rings is 1. The maximum Gasteiger partial charge on any atom is 0.198 e. The third-order valence-corrected chi connectivity index (χ3v) is 3.70. The lowest BCUT2D eigenvalue weighted by atomic mass is 9.98. The zero-order chi connectivity index (χ0) is 11.0. The first-order chi connectivity index (χ1) is 7.84. The molecule has 3 nitrogen and oxygen atoms in total. The maximum absolute atomic E-state index is 5.85. The Labute approximate surface area is 102 Å². The molecule has 1 saturated heterocycles. The van der Waals surface area contributed by atoms with Gasteiger partial charge in [0.1, 0.15) is 5.52 Å². The van der Waals surface area contributed by atoms with E-state index in [9.17, 15) is 0 Å². The molecular weight excluding hydrogens is 268 g/mol. The average Bonchev–Trinajstić information content (AvgIpc) is 2.76. The van der Waals surface area contributed by atoms with Gasteiger partial charge in [0.05, 0.1) is 4.47 Å². The van der Waals surface area contributed by atoms with Crippen molar-refractivity contribution in [2.45, 2.75) is 18.8 Å². The molecule has 3 rings (SSSR count). The number of aromatic nitrogens is 1. The van der Waals surface area contributed by atoms with Gasteiger partial charge in [-0.1, -0.05) is 6.07 Å². The summed E-state index contributed by atoms with van der Waals surface area (Å²) in [7, 11) is 0. The summed E-state index contributed by atoms with van der Waals surface area (Å²) < 4.78 is 6.84. The zero-order valence-electron chi connectivity index (χ0n) is 8.87. The standard InChI is InChI=1S/C12H13BrN2O/c13-9-2-1-3-10-11(9)16-12(15-10)8-4-6-14-7-5-8/h1-3,8,14H,4-7H2. The molecule has 1 aliphatic heterocycles. The Bertz CT molecular complexity index is 503. The highest BCUT2D eigenvalue weighted by atomic mass is 79.9. The first-order valence-corrected chi connectivity index (χ1v) is 6.39. The summed E-state index contributed by atoms with van der Waals surface area (Å²) in [6.07, 6.45) is 2.23. The highest BCUT2D eigenvalue weighted by Crippen LogP contribution is 2.30. The number of piperidine rings is 1. The molecule has 0 saturated carbocycles. The predicted octanol–water partition coefficient (Wildman–Crippen LogP) is 3.06. The molecule has 1 aliphatic rings. The smallest absolute Gasteiger partial charge is 0.198 e. The van der Waals surface area contributed by atoms with E-state index in [1.54, 1.807) is 0 Å². The lowest BCUT2D eigenvalue weighted by Gasteiger charge is -2.19. The number of hydrogen-bond donors (Lipinski definition) is 1. The van der Waals surface area contributed by atoms with E-state index in [2.05, 4.69) is 26.2 Å². The summed E-state index contributed by atoms with van der Waals surface area (Å²) in [5.74, 6) is 1.36. The van der Waals surface area contributed by atoms with E-state index in [1.165, 1.54) is 0 Å². The molecule has 1 fully saturated rings. The molecule has 0 spiro atoms. The lowest BCUT2D eigenvalue weighted by molar-refractivity contribution is 0.385. The number of fused-ring (bicyclic) bond motifs is 1. The van der Waals surface area contributed by atoms with Crippen LogP contribution in [-0.4, -0.2) is 18.1 Å². The summed E-state index contributed by atoms with van der Waals surface area (Å²) in [5, 5.41) is 3.35. The summed E-state index contributed by atoms with van der Waals surface area (Å²) in [5.41, 5.74) is 1.82. The van der Waals surface area contributed by atoms with Gasteiger partial charge in [-0.3, -0.25) is 0 Å². The molecule has 0 aliphatic carbocycles. The number of rotatable bonds is 1. The van der Waals surface area contributed by atoms with Gasteiger partial charge in [-0.05, 0) is 54.0 Å². The van der Waals surface area contributed by atoms with Gasteiger partial charge in [-0.2, -0.15) is 0 Å². The molecule has 1 N–H and O–H groups in total. The maximum atomic E-state index is 5.85. The van der Waals surface area contributed by atoms with Gasteiger partial charge >= 0.3 is 0 Å².